The highest BCUT2D eigenvalue weighted by Gasteiger charge is 2.27. The molecule has 0 spiro atoms. The fourth-order valence-corrected chi connectivity index (χ4v) is 3.73. The standard InChI is InChI=1S/C18H24Cl2N2O3/c1-12(14-5-6-16(19)17(20)10-14)21-8-3-4-15(7-9-21)22(13(2)23)11-18(24)25/h5-6,10,12,15H,3-4,7-9,11H2,1-2H3,(H,24,25). The number of carbonyl (C=O) groups is 2. The molecule has 0 aromatic heterocycles. The van der Waals surface area contributed by atoms with E-state index in [1.54, 1.807) is 6.07 Å². The van der Waals surface area contributed by atoms with Gasteiger partial charge in [-0.15, -0.1) is 0 Å². The Hall–Kier alpha value is -1.30. The van der Waals surface area contributed by atoms with Gasteiger partial charge in [-0.1, -0.05) is 29.3 Å². The number of aliphatic carboxylic acids is 1. The van der Waals surface area contributed by atoms with Crippen LogP contribution in [0, 0.1) is 0 Å². The summed E-state index contributed by atoms with van der Waals surface area (Å²) in [6.45, 7) is 5.03. The molecule has 0 saturated carbocycles. The fourth-order valence-electron chi connectivity index (χ4n) is 3.43. The lowest BCUT2D eigenvalue weighted by molar-refractivity contribution is -0.145. The fraction of sp³-hybridized carbons (Fsp3) is 0.556. The molecule has 1 aliphatic rings. The molecule has 0 radical (unpaired) electrons. The third kappa shape index (κ3) is 5.33. The van der Waals surface area contributed by atoms with Crippen molar-refractivity contribution in [3.8, 4) is 0 Å². The average molecular weight is 387 g/mol. The number of halogens is 2. The largest absolute Gasteiger partial charge is 0.480 e. The molecule has 1 saturated heterocycles. The Bertz CT molecular complexity index is 639. The molecule has 0 bridgehead atoms. The molecule has 2 atom stereocenters. The molecular formula is C18H24Cl2N2O3. The van der Waals surface area contributed by atoms with E-state index in [9.17, 15) is 9.59 Å². The van der Waals surface area contributed by atoms with Crippen LogP contribution < -0.4 is 0 Å². The minimum absolute atomic E-state index is 0.0281. The summed E-state index contributed by atoms with van der Waals surface area (Å²) in [4.78, 5) is 26.7. The van der Waals surface area contributed by atoms with Gasteiger partial charge >= 0.3 is 5.97 Å². The Labute approximate surface area is 158 Å². The SMILES string of the molecule is CC(=O)N(CC(=O)O)C1CCCN(C(C)c2ccc(Cl)c(Cl)c2)CC1. The number of likely N-dealkylation sites (tertiary alicyclic amines) is 1. The molecule has 1 heterocycles. The summed E-state index contributed by atoms with van der Waals surface area (Å²) < 4.78 is 0. The van der Waals surface area contributed by atoms with Crippen LogP contribution in [-0.2, 0) is 9.59 Å². The number of nitrogens with zero attached hydrogens (tertiary/aromatic N) is 2. The maximum atomic E-state index is 11.8. The molecule has 1 fully saturated rings. The van der Waals surface area contributed by atoms with E-state index in [2.05, 4.69) is 11.8 Å². The Morgan fingerprint density at radius 2 is 2.00 bits per heavy atom. The molecule has 1 aromatic rings. The highest BCUT2D eigenvalue weighted by molar-refractivity contribution is 6.42. The topological polar surface area (TPSA) is 60.9 Å². The number of carbonyl (C=O) groups excluding carboxylic acids is 1. The summed E-state index contributed by atoms with van der Waals surface area (Å²) in [5.74, 6) is -1.15. The normalized spacial score (nSPS) is 19.9. The summed E-state index contributed by atoms with van der Waals surface area (Å²) in [5, 5.41) is 10.1. The van der Waals surface area contributed by atoms with Gasteiger partial charge in [0.15, 0.2) is 0 Å². The van der Waals surface area contributed by atoms with Crippen LogP contribution in [0.15, 0.2) is 18.2 Å². The maximum Gasteiger partial charge on any atom is 0.323 e. The zero-order valence-electron chi connectivity index (χ0n) is 14.5. The van der Waals surface area contributed by atoms with E-state index < -0.39 is 5.97 Å². The van der Waals surface area contributed by atoms with Crippen molar-refractivity contribution in [1.82, 2.24) is 9.80 Å². The van der Waals surface area contributed by atoms with Crippen molar-refractivity contribution in [2.45, 2.75) is 45.2 Å². The van der Waals surface area contributed by atoms with Gasteiger partial charge in [-0.2, -0.15) is 0 Å². The van der Waals surface area contributed by atoms with Crippen molar-refractivity contribution in [3.63, 3.8) is 0 Å². The van der Waals surface area contributed by atoms with E-state index in [0.29, 0.717) is 10.0 Å². The summed E-state index contributed by atoms with van der Waals surface area (Å²) in [6.07, 6.45) is 2.50. The summed E-state index contributed by atoms with van der Waals surface area (Å²) in [7, 11) is 0. The molecule has 1 N–H and O–H groups in total. The molecule has 138 valence electrons. The Morgan fingerprint density at radius 1 is 1.28 bits per heavy atom. The zero-order valence-corrected chi connectivity index (χ0v) is 16.1. The number of hydrogen-bond donors (Lipinski definition) is 1. The first-order chi connectivity index (χ1) is 11.8. The molecule has 1 amide bonds. The van der Waals surface area contributed by atoms with Gasteiger partial charge in [0.25, 0.3) is 0 Å². The second-order valence-corrected chi connectivity index (χ2v) is 7.33. The molecule has 1 aromatic carbocycles. The van der Waals surface area contributed by atoms with E-state index in [1.807, 2.05) is 12.1 Å². The second kappa shape index (κ2) is 8.88. The molecule has 5 nitrogen and oxygen atoms in total. The van der Waals surface area contributed by atoms with E-state index >= 15 is 0 Å². The number of carboxylic acid groups (broad SMARTS) is 1. The van der Waals surface area contributed by atoms with Crippen molar-refractivity contribution >= 4 is 35.1 Å². The van der Waals surface area contributed by atoms with Gasteiger partial charge in [-0.25, -0.2) is 0 Å². The predicted molar refractivity (Wildman–Crippen MR) is 99.1 cm³/mol. The lowest BCUT2D eigenvalue weighted by atomic mass is 10.1. The van der Waals surface area contributed by atoms with Gasteiger partial charge in [0.05, 0.1) is 10.0 Å². The van der Waals surface area contributed by atoms with Crippen LogP contribution in [0.1, 0.15) is 44.7 Å². The van der Waals surface area contributed by atoms with Gasteiger partial charge in [-0.05, 0) is 50.4 Å². The van der Waals surface area contributed by atoms with Crippen molar-refractivity contribution in [3.05, 3.63) is 33.8 Å². The lowest BCUT2D eigenvalue weighted by Crippen LogP contribution is -2.42. The third-order valence-corrected chi connectivity index (χ3v) is 5.60. The lowest BCUT2D eigenvalue weighted by Gasteiger charge is -2.30. The molecular weight excluding hydrogens is 363 g/mol. The van der Waals surface area contributed by atoms with Gasteiger partial charge < -0.3 is 10.0 Å². The van der Waals surface area contributed by atoms with Crippen molar-refractivity contribution in [2.24, 2.45) is 0 Å². The number of benzene rings is 1. The number of hydrogen-bond acceptors (Lipinski definition) is 3. The first kappa shape index (κ1) is 20.0. The first-order valence-electron chi connectivity index (χ1n) is 8.47. The molecule has 7 heteroatoms. The van der Waals surface area contributed by atoms with Crippen LogP contribution >= 0.6 is 23.2 Å². The Kier molecular flexibility index (Phi) is 7.11. The summed E-state index contributed by atoms with van der Waals surface area (Å²) >= 11 is 12.1. The highest BCUT2D eigenvalue weighted by atomic mass is 35.5. The maximum absolute atomic E-state index is 11.8. The monoisotopic (exact) mass is 386 g/mol. The summed E-state index contributed by atoms with van der Waals surface area (Å²) in [5.41, 5.74) is 1.10. The van der Waals surface area contributed by atoms with E-state index in [0.717, 1.165) is 37.9 Å². The molecule has 1 aliphatic heterocycles. The third-order valence-electron chi connectivity index (χ3n) is 4.86. The van der Waals surface area contributed by atoms with E-state index in [-0.39, 0.29) is 24.5 Å². The minimum Gasteiger partial charge on any atom is -0.480 e. The van der Waals surface area contributed by atoms with Crippen LogP contribution in [-0.4, -0.2) is 52.5 Å². The summed E-state index contributed by atoms with van der Waals surface area (Å²) in [6, 6.07) is 5.83. The number of amides is 1. The van der Waals surface area contributed by atoms with E-state index in [4.69, 9.17) is 28.3 Å². The van der Waals surface area contributed by atoms with Gasteiger partial charge in [-0.3, -0.25) is 14.5 Å². The molecule has 25 heavy (non-hydrogen) atoms. The number of carboxylic acids is 1. The van der Waals surface area contributed by atoms with Crippen LogP contribution in [0.3, 0.4) is 0 Å². The quantitative estimate of drug-likeness (QED) is 0.834. The zero-order chi connectivity index (χ0) is 18.6. The van der Waals surface area contributed by atoms with Crippen molar-refractivity contribution in [2.75, 3.05) is 19.6 Å². The van der Waals surface area contributed by atoms with Gasteiger partial charge in [0.1, 0.15) is 6.54 Å². The highest BCUT2D eigenvalue weighted by Crippen LogP contribution is 2.30. The Morgan fingerprint density at radius 3 is 2.60 bits per heavy atom. The molecule has 0 aliphatic carbocycles. The molecule has 2 rings (SSSR count). The average Bonchev–Trinajstić information content (AvgIpc) is 2.80. The second-order valence-electron chi connectivity index (χ2n) is 6.51. The first-order valence-corrected chi connectivity index (χ1v) is 9.23. The van der Waals surface area contributed by atoms with Crippen LogP contribution in [0.4, 0.5) is 0 Å². The van der Waals surface area contributed by atoms with Gasteiger partial charge in [0.2, 0.25) is 5.91 Å². The van der Waals surface area contributed by atoms with Crippen molar-refractivity contribution in [1.29, 1.82) is 0 Å². The van der Waals surface area contributed by atoms with Crippen LogP contribution in [0.5, 0.6) is 0 Å². The van der Waals surface area contributed by atoms with Gasteiger partial charge in [0, 0.05) is 25.6 Å². The van der Waals surface area contributed by atoms with Crippen LogP contribution in [0.25, 0.3) is 0 Å². The smallest absolute Gasteiger partial charge is 0.323 e. The predicted octanol–water partition coefficient (Wildman–Crippen LogP) is 3.84. The minimum atomic E-state index is -0.972. The Balaban J connectivity index is 2.05. The van der Waals surface area contributed by atoms with E-state index in [1.165, 1.54) is 11.8 Å². The van der Waals surface area contributed by atoms with Crippen molar-refractivity contribution < 1.29 is 14.7 Å². The van der Waals surface area contributed by atoms with Crippen LogP contribution in [0.2, 0.25) is 10.0 Å². The number of rotatable bonds is 5. The molecule has 2 unspecified atom stereocenters.